The Morgan fingerprint density at radius 3 is 2.29 bits per heavy atom. The minimum absolute atomic E-state index is 0.220. The number of thiophene rings is 1. The van der Waals surface area contributed by atoms with Gasteiger partial charge in [-0.25, -0.2) is 4.79 Å². The monoisotopic (exact) mass is 405 g/mol. The zero-order valence-electron chi connectivity index (χ0n) is 16.2. The standard InChI is InChI=1S/C20H23NO6S/c1-13-5-6-15(28-13)7-8-19(23)27-12-18(22)21-11-14-9-16(24-2)20(26-4)17(10-14)25-3/h5-10H,11-12H2,1-4H3,(H,21,22)/b8-7+. The van der Waals surface area contributed by atoms with Crippen LogP contribution in [-0.2, 0) is 20.9 Å². The van der Waals surface area contributed by atoms with Gasteiger partial charge in [-0.1, -0.05) is 0 Å². The highest BCUT2D eigenvalue weighted by molar-refractivity contribution is 7.12. The van der Waals surface area contributed by atoms with Gasteiger partial charge in [0.15, 0.2) is 18.1 Å². The Morgan fingerprint density at radius 1 is 1.07 bits per heavy atom. The lowest BCUT2D eigenvalue weighted by Crippen LogP contribution is -2.28. The normalized spacial score (nSPS) is 10.6. The maximum absolute atomic E-state index is 11.9. The molecule has 0 aliphatic heterocycles. The summed E-state index contributed by atoms with van der Waals surface area (Å²) >= 11 is 1.57. The highest BCUT2D eigenvalue weighted by atomic mass is 32.1. The molecule has 1 aromatic carbocycles. The van der Waals surface area contributed by atoms with Gasteiger partial charge in [0.2, 0.25) is 5.75 Å². The van der Waals surface area contributed by atoms with E-state index in [1.165, 1.54) is 27.4 Å². The van der Waals surface area contributed by atoms with Gasteiger partial charge in [-0.2, -0.15) is 0 Å². The average molecular weight is 405 g/mol. The molecule has 0 saturated carbocycles. The first-order valence-corrected chi connectivity index (χ1v) is 9.25. The number of carbonyl (C=O) groups excluding carboxylic acids is 2. The van der Waals surface area contributed by atoms with Gasteiger partial charge in [-0.05, 0) is 42.8 Å². The highest BCUT2D eigenvalue weighted by Crippen LogP contribution is 2.38. The van der Waals surface area contributed by atoms with E-state index in [-0.39, 0.29) is 13.2 Å². The number of carbonyl (C=O) groups is 2. The van der Waals surface area contributed by atoms with Crippen molar-refractivity contribution in [3.05, 3.63) is 45.7 Å². The minimum Gasteiger partial charge on any atom is -0.493 e. The fourth-order valence-electron chi connectivity index (χ4n) is 2.37. The number of hydrogen-bond donors (Lipinski definition) is 1. The molecule has 0 aliphatic carbocycles. The Morgan fingerprint density at radius 2 is 1.75 bits per heavy atom. The molecule has 8 heteroatoms. The van der Waals surface area contributed by atoms with Crippen LogP contribution in [-0.4, -0.2) is 39.8 Å². The van der Waals surface area contributed by atoms with Gasteiger partial charge < -0.3 is 24.3 Å². The molecular weight excluding hydrogens is 382 g/mol. The van der Waals surface area contributed by atoms with Gasteiger partial charge >= 0.3 is 5.97 Å². The Labute approximate surface area is 167 Å². The first-order chi connectivity index (χ1) is 13.5. The van der Waals surface area contributed by atoms with Gasteiger partial charge in [0.05, 0.1) is 21.3 Å². The van der Waals surface area contributed by atoms with Crippen LogP contribution in [0.2, 0.25) is 0 Å². The molecule has 0 bridgehead atoms. The van der Waals surface area contributed by atoms with Crippen LogP contribution in [0.25, 0.3) is 6.08 Å². The fraction of sp³-hybridized carbons (Fsp3) is 0.300. The molecule has 0 saturated heterocycles. The van der Waals surface area contributed by atoms with Crippen molar-refractivity contribution < 1.29 is 28.5 Å². The van der Waals surface area contributed by atoms with E-state index in [0.717, 1.165) is 15.3 Å². The van der Waals surface area contributed by atoms with E-state index in [9.17, 15) is 9.59 Å². The highest BCUT2D eigenvalue weighted by Gasteiger charge is 2.14. The van der Waals surface area contributed by atoms with Crippen LogP contribution in [0.4, 0.5) is 0 Å². The predicted molar refractivity (Wildman–Crippen MR) is 107 cm³/mol. The minimum atomic E-state index is -0.575. The first kappa shape index (κ1) is 21.3. The first-order valence-electron chi connectivity index (χ1n) is 8.43. The van der Waals surface area contributed by atoms with Crippen LogP contribution in [0, 0.1) is 6.92 Å². The molecular formula is C20H23NO6S. The second-order valence-corrected chi connectivity index (χ2v) is 7.02. The largest absolute Gasteiger partial charge is 0.493 e. The van der Waals surface area contributed by atoms with E-state index in [1.807, 2.05) is 19.1 Å². The summed E-state index contributed by atoms with van der Waals surface area (Å²) in [4.78, 5) is 25.7. The lowest BCUT2D eigenvalue weighted by Gasteiger charge is -2.14. The maximum atomic E-state index is 11.9. The Hall–Kier alpha value is -3.00. The van der Waals surface area contributed by atoms with Crippen LogP contribution in [0.3, 0.4) is 0 Å². The number of nitrogens with one attached hydrogen (secondary N) is 1. The van der Waals surface area contributed by atoms with Gasteiger partial charge in [0.1, 0.15) is 0 Å². The van der Waals surface area contributed by atoms with Crippen molar-refractivity contribution >= 4 is 29.3 Å². The smallest absolute Gasteiger partial charge is 0.331 e. The molecule has 7 nitrogen and oxygen atoms in total. The second-order valence-electron chi connectivity index (χ2n) is 5.70. The molecule has 0 atom stereocenters. The zero-order chi connectivity index (χ0) is 20.5. The number of hydrogen-bond acceptors (Lipinski definition) is 7. The van der Waals surface area contributed by atoms with Gasteiger partial charge in [0.25, 0.3) is 5.91 Å². The van der Waals surface area contributed by atoms with E-state index >= 15 is 0 Å². The molecule has 1 N–H and O–H groups in total. The van der Waals surface area contributed by atoms with E-state index in [1.54, 1.807) is 29.5 Å². The summed E-state index contributed by atoms with van der Waals surface area (Å²) in [6.45, 7) is 1.84. The SMILES string of the molecule is COc1cc(CNC(=O)COC(=O)/C=C/c2ccc(C)s2)cc(OC)c1OC. The number of ether oxygens (including phenoxy) is 4. The molecule has 0 aliphatic rings. The van der Waals surface area contributed by atoms with E-state index in [0.29, 0.717) is 17.2 Å². The topological polar surface area (TPSA) is 83.1 Å². The molecule has 2 rings (SSSR count). The molecule has 150 valence electrons. The third-order valence-corrected chi connectivity index (χ3v) is 4.67. The molecule has 2 aromatic rings. The summed E-state index contributed by atoms with van der Waals surface area (Å²) in [6, 6.07) is 7.35. The summed E-state index contributed by atoms with van der Waals surface area (Å²) in [5.41, 5.74) is 0.752. The predicted octanol–water partition coefficient (Wildman–Crippen LogP) is 2.96. The number of rotatable bonds is 9. The van der Waals surface area contributed by atoms with Crippen molar-refractivity contribution in [2.75, 3.05) is 27.9 Å². The number of methoxy groups -OCH3 is 3. The Balaban J connectivity index is 1.85. The van der Waals surface area contributed by atoms with Crippen LogP contribution < -0.4 is 19.5 Å². The molecule has 0 unspecified atom stereocenters. The fourth-order valence-corrected chi connectivity index (χ4v) is 3.15. The van der Waals surface area contributed by atoms with Crippen molar-refractivity contribution in [2.45, 2.75) is 13.5 Å². The zero-order valence-corrected chi connectivity index (χ0v) is 17.1. The van der Waals surface area contributed by atoms with Crippen molar-refractivity contribution in [2.24, 2.45) is 0 Å². The van der Waals surface area contributed by atoms with Gasteiger partial charge in [0, 0.05) is 22.4 Å². The van der Waals surface area contributed by atoms with Gasteiger partial charge in [-0.15, -0.1) is 11.3 Å². The van der Waals surface area contributed by atoms with Crippen molar-refractivity contribution in [1.29, 1.82) is 0 Å². The average Bonchev–Trinajstić information content (AvgIpc) is 3.13. The number of benzene rings is 1. The maximum Gasteiger partial charge on any atom is 0.331 e. The third kappa shape index (κ3) is 6.02. The molecule has 28 heavy (non-hydrogen) atoms. The lowest BCUT2D eigenvalue weighted by molar-refractivity contribution is -0.143. The van der Waals surface area contributed by atoms with Crippen LogP contribution in [0.1, 0.15) is 15.3 Å². The summed E-state index contributed by atoms with van der Waals surface area (Å²) in [6.07, 6.45) is 2.96. The van der Waals surface area contributed by atoms with Gasteiger partial charge in [-0.3, -0.25) is 4.79 Å². The lowest BCUT2D eigenvalue weighted by atomic mass is 10.1. The van der Waals surface area contributed by atoms with E-state index in [2.05, 4.69) is 5.32 Å². The number of aryl methyl sites for hydroxylation is 1. The second kappa shape index (κ2) is 10.4. The van der Waals surface area contributed by atoms with Crippen molar-refractivity contribution in [1.82, 2.24) is 5.32 Å². The molecule has 1 aromatic heterocycles. The van der Waals surface area contributed by atoms with Crippen molar-refractivity contribution in [3.63, 3.8) is 0 Å². The summed E-state index contributed by atoms with van der Waals surface area (Å²) in [5, 5.41) is 2.68. The van der Waals surface area contributed by atoms with E-state index in [4.69, 9.17) is 18.9 Å². The Bertz CT molecular complexity index is 833. The molecule has 0 radical (unpaired) electrons. The summed E-state index contributed by atoms with van der Waals surface area (Å²) in [5.74, 6) is 0.469. The van der Waals surface area contributed by atoms with E-state index < -0.39 is 11.9 Å². The Kier molecular flexibility index (Phi) is 7.88. The van der Waals surface area contributed by atoms with Crippen LogP contribution >= 0.6 is 11.3 Å². The van der Waals surface area contributed by atoms with Crippen molar-refractivity contribution in [3.8, 4) is 17.2 Å². The van der Waals surface area contributed by atoms with Crippen LogP contribution in [0.15, 0.2) is 30.3 Å². The summed E-state index contributed by atoms with van der Waals surface area (Å²) in [7, 11) is 4.55. The molecule has 0 spiro atoms. The molecule has 1 amide bonds. The number of amides is 1. The number of esters is 1. The molecule has 0 fully saturated rings. The van der Waals surface area contributed by atoms with Crippen LogP contribution in [0.5, 0.6) is 17.2 Å². The third-order valence-electron chi connectivity index (χ3n) is 3.70. The molecule has 1 heterocycles. The quantitative estimate of drug-likeness (QED) is 0.510. The summed E-state index contributed by atoms with van der Waals surface area (Å²) < 4.78 is 20.8.